The number of non-ortho nitro benzene ring substituents is 1. The van der Waals surface area contributed by atoms with Crippen LogP contribution in [0.1, 0.15) is 13.8 Å². The Morgan fingerprint density at radius 1 is 1.21 bits per heavy atom. The molecule has 0 aliphatic rings. The molecule has 0 fully saturated rings. The average Bonchev–Trinajstić information content (AvgIpc) is 2.30. The van der Waals surface area contributed by atoms with Gasteiger partial charge in [-0.05, 0) is 26.0 Å². The largest absolute Gasteiger partial charge is 0.424 e. The summed E-state index contributed by atoms with van der Waals surface area (Å²) in [7, 11) is 0. The highest BCUT2D eigenvalue weighted by molar-refractivity contribution is 8.07. The number of rotatable bonds is 7. The second kappa shape index (κ2) is 8.27. The van der Waals surface area contributed by atoms with Crippen LogP contribution in [0.3, 0.4) is 0 Å². The van der Waals surface area contributed by atoms with Gasteiger partial charge in [-0.15, -0.1) is 0 Å². The Balaban J connectivity index is 0.00000324. The first kappa shape index (κ1) is 18.1. The minimum Gasteiger partial charge on any atom is -0.424 e. The van der Waals surface area contributed by atoms with Crippen molar-refractivity contribution < 1.29 is 18.5 Å². The van der Waals surface area contributed by atoms with Crippen LogP contribution in [-0.4, -0.2) is 26.6 Å². The third kappa shape index (κ3) is 5.69. The number of hydrogen-bond donors (Lipinski definition) is 0. The zero-order valence-electron chi connectivity index (χ0n) is 10.1. The van der Waals surface area contributed by atoms with E-state index in [-0.39, 0.29) is 14.1 Å². The SMILES string of the molecule is B.CCOP(=S)(OCC)Oc1ccc([N+](=O)[O-])cc1. The van der Waals surface area contributed by atoms with Crippen molar-refractivity contribution in [3.05, 3.63) is 34.4 Å². The number of nitro groups is 1. The standard InChI is InChI=1S/C10H14NO5PS.BH3/c1-3-14-17(18,15-4-2)16-10-7-5-9(6-8-10)11(12)13;/h5-8H,3-4H2,1-2H3;1H3. The van der Waals surface area contributed by atoms with Crippen LogP contribution in [0.4, 0.5) is 5.69 Å². The highest BCUT2D eigenvalue weighted by atomic mass is 32.5. The van der Waals surface area contributed by atoms with Gasteiger partial charge in [-0.2, -0.15) is 0 Å². The van der Waals surface area contributed by atoms with Crippen LogP contribution in [0.15, 0.2) is 24.3 Å². The molecule has 0 bridgehead atoms. The maximum atomic E-state index is 10.5. The van der Waals surface area contributed by atoms with E-state index in [1.165, 1.54) is 24.3 Å². The summed E-state index contributed by atoms with van der Waals surface area (Å²) in [6, 6.07) is 5.62. The Morgan fingerprint density at radius 3 is 2.05 bits per heavy atom. The molecular weight excluding hydrogens is 288 g/mol. The second-order valence-electron chi connectivity index (χ2n) is 3.13. The molecule has 1 aromatic carbocycles. The molecule has 6 nitrogen and oxygen atoms in total. The van der Waals surface area contributed by atoms with Gasteiger partial charge in [0.05, 0.1) is 26.6 Å². The van der Waals surface area contributed by atoms with Crippen LogP contribution in [0.25, 0.3) is 0 Å². The van der Waals surface area contributed by atoms with E-state index in [9.17, 15) is 10.1 Å². The lowest BCUT2D eigenvalue weighted by Crippen LogP contribution is -2.02. The fourth-order valence-corrected chi connectivity index (χ4v) is 3.25. The summed E-state index contributed by atoms with van der Waals surface area (Å²) in [6.07, 6.45) is 0. The zero-order chi connectivity index (χ0) is 13.6. The lowest BCUT2D eigenvalue weighted by Gasteiger charge is -2.20. The molecule has 0 aliphatic carbocycles. The van der Waals surface area contributed by atoms with Gasteiger partial charge in [0.15, 0.2) is 0 Å². The molecule has 0 spiro atoms. The van der Waals surface area contributed by atoms with Gasteiger partial charge in [0, 0.05) is 23.9 Å². The lowest BCUT2D eigenvalue weighted by molar-refractivity contribution is -0.384. The molecule has 0 saturated heterocycles. The van der Waals surface area contributed by atoms with Crippen molar-refractivity contribution in [1.82, 2.24) is 0 Å². The van der Waals surface area contributed by atoms with Gasteiger partial charge in [-0.3, -0.25) is 19.2 Å². The molecule has 0 aliphatic heterocycles. The first-order chi connectivity index (χ1) is 8.50. The van der Waals surface area contributed by atoms with Gasteiger partial charge in [0.1, 0.15) is 5.75 Å². The second-order valence-corrected chi connectivity index (χ2v) is 6.06. The zero-order valence-corrected chi connectivity index (χ0v) is 11.8. The van der Waals surface area contributed by atoms with E-state index in [2.05, 4.69) is 0 Å². The summed E-state index contributed by atoms with van der Waals surface area (Å²) >= 11 is 5.18. The number of nitrogens with zero attached hydrogens (tertiary/aromatic N) is 1. The summed E-state index contributed by atoms with van der Waals surface area (Å²) < 4.78 is 16.1. The van der Waals surface area contributed by atoms with Crippen LogP contribution in [-0.2, 0) is 20.9 Å². The Hall–Kier alpha value is -0.945. The monoisotopic (exact) mass is 305 g/mol. The van der Waals surface area contributed by atoms with Crippen molar-refractivity contribution >= 4 is 32.6 Å². The average molecular weight is 305 g/mol. The Bertz CT molecular complexity index is 446. The highest BCUT2D eigenvalue weighted by Gasteiger charge is 2.21. The van der Waals surface area contributed by atoms with Gasteiger partial charge in [0.2, 0.25) is 0 Å². The van der Waals surface area contributed by atoms with E-state index in [1.807, 2.05) is 0 Å². The topological polar surface area (TPSA) is 70.8 Å². The molecule has 0 radical (unpaired) electrons. The minimum atomic E-state index is -2.82. The van der Waals surface area contributed by atoms with Crippen LogP contribution in [0.2, 0.25) is 0 Å². The van der Waals surface area contributed by atoms with E-state index in [0.29, 0.717) is 19.0 Å². The van der Waals surface area contributed by atoms with Crippen molar-refractivity contribution in [2.75, 3.05) is 13.2 Å². The molecule has 1 rings (SSSR count). The predicted molar refractivity (Wildman–Crippen MR) is 81.2 cm³/mol. The summed E-state index contributed by atoms with van der Waals surface area (Å²) in [6.45, 7) is 1.52. The molecule has 1 aromatic rings. The van der Waals surface area contributed by atoms with Gasteiger partial charge >= 0.3 is 6.72 Å². The van der Waals surface area contributed by atoms with Crippen molar-refractivity contribution in [2.45, 2.75) is 13.8 Å². The smallest absolute Gasteiger partial charge is 0.380 e. The van der Waals surface area contributed by atoms with Crippen LogP contribution in [0, 0.1) is 10.1 Å². The first-order valence-electron chi connectivity index (χ1n) is 5.34. The van der Waals surface area contributed by atoms with Crippen LogP contribution >= 0.6 is 6.72 Å². The summed E-state index contributed by atoms with van der Waals surface area (Å²) in [5.41, 5.74) is -0.0107. The molecule has 0 saturated carbocycles. The first-order valence-corrected chi connectivity index (χ1v) is 7.89. The quantitative estimate of drug-likeness (QED) is 0.332. The molecule has 19 heavy (non-hydrogen) atoms. The van der Waals surface area contributed by atoms with E-state index in [0.717, 1.165) is 0 Å². The Kier molecular flexibility index (Phi) is 7.86. The van der Waals surface area contributed by atoms with Gasteiger partial charge < -0.3 is 4.52 Å². The van der Waals surface area contributed by atoms with Crippen molar-refractivity contribution in [1.29, 1.82) is 0 Å². The number of nitro benzene ring substituents is 1. The fraction of sp³-hybridized carbons (Fsp3) is 0.400. The Labute approximate surface area is 119 Å². The summed E-state index contributed by atoms with van der Waals surface area (Å²) in [4.78, 5) is 10.0. The molecule has 0 amide bonds. The molecule has 106 valence electrons. The van der Waals surface area contributed by atoms with E-state index >= 15 is 0 Å². The molecule has 9 heteroatoms. The van der Waals surface area contributed by atoms with Crippen molar-refractivity contribution in [3.63, 3.8) is 0 Å². The number of hydrogen-bond acceptors (Lipinski definition) is 6. The molecule has 0 N–H and O–H groups in total. The molecule has 0 heterocycles. The normalized spacial score (nSPS) is 10.6. The third-order valence-corrected chi connectivity index (χ3v) is 4.28. The van der Waals surface area contributed by atoms with E-state index in [4.69, 9.17) is 25.4 Å². The van der Waals surface area contributed by atoms with Crippen molar-refractivity contribution in [2.24, 2.45) is 0 Å². The van der Waals surface area contributed by atoms with E-state index < -0.39 is 11.6 Å². The van der Waals surface area contributed by atoms with Crippen molar-refractivity contribution in [3.8, 4) is 5.75 Å². The third-order valence-electron chi connectivity index (χ3n) is 1.84. The fourth-order valence-electron chi connectivity index (χ4n) is 1.16. The number of benzene rings is 1. The highest BCUT2D eigenvalue weighted by Crippen LogP contribution is 2.49. The van der Waals surface area contributed by atoms with Gasteiger partial charge in [-0.25, -0.2) is 0 Å². The molecule has 0 unspecified atom stereocenters. The van der Waals surface area contributed by atoms with Gasteiger partial charge in [-0.1, -0.05) is 0 Å². The van der Waals surface area contributed by atoms with Gasteiger partial charge in [0.25, 0.3) is 5.69 Å². The summed E-state index contributed by atoms with van der Waals surface area (Å²) in [5, 5.41) is 10.5. The lowest BCUT2D eigenvalue weighted by atomic mass is 10.3. The van der Waals surface area contributed by atoms with Crippen LogP contribution in [0.5, 0.6) is 5.75 Å². The molecular formula is C10H17BNO5PS. The molecule has 0 atom stereocenters. The minimum absolute atomic E-state index is 0. The summed E-state index contributed by atoms with van der Waals surface area (Å²) in [5.74, 6) is 0.394. The maximum Gasteiger partial charge on any atom is 0.380 e. The van der Waals surface area contributed by atoms with E-state index in [1.54, 1.807) is 13.8 Å². The molecule has 0 aromatic heterocycles. The maximum absolute atomic E-state index is 10.5. The van der Waals surface area contributed by atoms with Crippen LogP contribution < -0.4 is 4.52 Å². The Morgan fingerprint density at radius 2 is 1.68 bits per heavy atom. The predicted octanol–water partition coefficient (Wildman–Crippen LogP) is 2.09.